The molecular formula is C32H32ClFN4O6. The lowest BCUT2D eigenvalue weighted by Gasteiger charge is -2.26. The minimum Gasteiger partial charge on any atom is -0.489 e. The molecule has 1 saturated heterocycles. The van der Waals surface area contributed by atoms with Gasteiger partial charge in [-0.05, 0) is 55.3 Å². The van der Waals surface area contributed by atoms with Crippen molar-refractivity contribution >= 4 is 39.9 Å². The van der Waals surface area contributed by atoms with Gasteiger partial charge in [-0.2, -0.15) is 0 Å². The van der Waals surface area contributed by atoms with Gasteiger partial charge in [-0.25, -0.2) is 9.18 Å². The minimum absolute atomic E-state index is 0.0364. The molecular weight excluding hydrogens is 591 g/mol. The normalized spacial score (nSPS) is 14.7. The van der Waals surface area contributed by atoms with Crippen LogP contribution >= 0.6 is 11.6 Å². The molecule has 12 heteroatoms. The van der Waals surface area contributed by atoms with E-state index in [2.05, 4.69) is 20.5 Å². The van der Waals surface area contributed by atoms with Gasteiger partial charge < -0.3 is 34.3 Å². The molecule has 230 valence electrons. The van der Waals surface area contributed by atoms with E-state index in [0.717, 1.165) is 44.8 Å². The average Bonchev–Trinajstić information content (AvgIpc) is 3.03. The zero-order chi connectivity index (χ0) is 30.5. The molecule has 0 atom stereocenters. The number of nitrogens with one attached hydrogen (secondary N) is 2. The Bertz CT molecular complexity index is 1670. The highest BCUT2D eigenvalue weighted by atomic mass is 35.5. The van der Waals surface area contributed by atoms with E-state index >= 15 is 4.39 Å². The molecule has 0 radical (unpaired) electrons. The van der Waals surface area contributed by atoms with Gasteiger partial charge >= 0.3 is 6.03 Å². The SMILES string of the molecule is Cc1cc(NC(=O)Nc2ccc(Oc3ccnc4cc(OCCCN5CCOCC5)c5c(c34)OCCO5)c(F)c2)ccc1Cl. The molecule has 0 spiro atoms. The maximum atomic E-state index is 15.2. The summed E-state index contributed by atoms with van der Waals surface area (Å²) in [5.74, 6) is 1.08. The topological polar surface area (TPSA) is 103 Å². The van der Waals surface area contributed by atoms with Crippen LogP contribution in [0, 0.1) is 12.7 Å². The van der Waals surface area contributed by atoms with Crippen LogP contribution in [0.5, 0.6) is 28.7 Å². The molecule has 4 aromatic rings. The van der Waals surface area contributed by atoms with Gasteiger partial charge in [0.15, 0.2) is 23.1 Å². The van der Waals surface area contributed by atoms with Crippen molar-refractivity contribution in [3.05, 3.63) is 71.1 Å². The third-order valence-corrected chi connectivity index (χ3v) is 7.67. The summed E-state index contributed by atoms with van der Waals surface area (Å²) in [5.41, 5.74) is 2.19. The number of carbonyl (C=O) groups is 1. The molecule has 2 amide bonds. The highest BCUT2D eigenvalue weighted by Gasteiger charge is 2.25. The van der Waals surface area contributed by atoms with E-state index in [-0.39, 0.29) is 11.4 Å². The number of ether oxygens (including phenoxy) is 5. The summed E-state index contributed by atoms with van der Waals surface area (Å²) in [5, 5.41) is 6.47. The third kappa shape index (κ3) is 6.91. The fraction of sp³-hybridized carbons (Fsp3) is 0.312. The number of benzene rings is 3. The lowest BCUT2D eigenvalue weighted by atomic mass is 10.1. The molecule has 10 nitrogen and oxygen atoms in total. The lowest BCUT2D eigenvalue weighted by molar-refractivity contribution is 0.0357. The van der Waals surface area contributed by atoms with E-state index in [9.17, 15) is 4.79 Å². The lowest BCUT2D eigenvalue weighted by Crippen LogP contribution is -2.37. The third-order valence-electron chi connectivity index (χ3n) is 7.25. The van der Waals surface area contributed by atoms with E-state index in [1.807, 2.05) is 6.92 Å². The molecule has 3 aromatic carbocycles. The second-order valence-corrected chi connectivity index (χ2v) is 10.8. The number of halogens is 2. The van der Waals surface area contributed by atoms with Crippen LogP contribution in [0.3, 0.4) is 0 Å². The van der Waals surface area contributed by atoms with Crippen LogP contribution in [0.4, 0.5) is 20.6 Å². The molecule has 0 bridgehead atoms. The average molecular weight is 623 g/mol. The van der Waals surface area contributed by atoms with Gasteiger partial charge in [0.05, 0.1) is 30.7 Å². The Morgan fingerprint density at radius 2 is 1.70 bits per heavy atom. The van der Waals surface area contributed by atoms with Crippen LogP contribution < -0.4 is 29.6 Å². The van der Waals surface area contributed by atoms with Gasteiger partial charge in [0.1, 0.15) is 19.0 Å². The monoisotopic (exact) mass is 622 g/mol. The summed E-state index contributed by atoms with van der Waals surface area (Å²) in [6.45, 7) is 7.32. The summed E-state index contributed by atoms with van der Waals surface area (Å²) in [7, 11) is 0. The summed E-state index contributed by atoms with van der Waals surface area (Å²) in [4.78, 5) is 19.3. The number of aryl methyl sites for hydroxylation is 1. The number of hydrogen-bond acceptors (Lipinski definition) is 8. The van der Waals surface area contributed by atoms with E-state index in [1.54, 1.807) is 42.6 Å². The highest BCUT2D eigenvalue weighted by Crippen LogP contribution is 2.48. The molecule has 2 aliphatic heterocycles. The smallest absolute Gasteiger partial charge is 0.323 e. The Morgan fingerprint density at radius 1 is 0.955 bits per heavy atom. The quantitative estimate of drug-likeness (QED) is 0.200. The number of anilines is 2. The van der Waals surface area contributed by atoms with Gasteiger partial charge in [-0.15, -0.1) is 0 Å². The summed E-state index contributed by atoms with van der Waals surface area (Å²) < 4.78 is 44.7. The standard InChI is InChI=1S/C32H32ClFN4O6/c1-20-17-21(3-5-23(20)33)36-32(39)37-22-4-6-26(24(34)18-22)44-27-7-8-35-25-19-28(30-31(29(25)27)43-16-15-42-30)41-12-2-9-38-10-13-40-14-11-38/h3-8,17-19H,2,9-16H2,1H3,(H2,36,37,39). The minimum atomic E-state index is -0.665. The Hall–Kier alpha value is -4.32. The molecule has 3 heterocycles. The molecule has 1 fully saturated rings. The predicted molar refractivity (Wildman–Crippen MR) is 165 cm³/mol. The van der Waals surface area contributed by atoms with Crippen molar-refractivity contribution in [3.8, 4) is 28.7 Å². The van der Waals surface area contributed by atoms with Crippen molar-refractivity contribution < 1.29 is 32.9 Å². The van der Waals surface area contributed by atoms with Gasteiger partial charge in [-0.1, -0.05) is 11.6 Å². The van der Waals surface area contributed by atoms with Crippen LogP contribution in [0.25, 0.3) is 10.9 Å². The first-order valence-electron chi connectivity index (χ1n) is 14.4. The molecule has 2 aliphatic rings. The number of hydrogen-bond donors (Lipinski definition) is 2. The van der Waals surface area contributed by atoms with Crippen LogP contribution in [-0.2, 0) is 4.74 Å². The number of amides is 2. The van der Waals surface area contributed by atoms with Crippen molar-refractivity contribution in [3.63, 3.8) is 0 Å². The molecule has 0 saturated carbocycles. The fourth-order valence-electron chi connectivity index (χ4n) is 5.06. The number of urea groups is 1. The largest absolute Gasteiger partial charge is 0.489 e. The van der Waals surface area contributed by atoms with Crippen LogP contribution in [-0.4, -0.2) is 68.6 Å². The first-order chi connectivity index (χ1) is 21.4. The Kier molecular flexibility index (Phi) is 9.15. The second kappa shape index (κ2) is 13.5. The molecule has 44 heavy (non-hydrogen) atoms. The predicted octanol–water partition coefficient (Wildman–Crippen LogP) is 6.64. The summed E-state index contributed by atoms with van der Waals surface area (Å²) in [6.07, 6.45) is 2.42. The van der Waals surface area contributed by atoms with Crippen LogP contribution in [0.15, 0.2) is 54.7 Å². The number of nitrogens with zero attached hydrogens (tertiary/aromatic N) is 2. The zero-order valence-corrected chi connectivity index (χ0v) is 24.9. The first-order valence-corrected chi connectivity index (χ1v) is 14.8. The molecule has 0 aliphatic carbocycles. The molecule has 2 N–H and O–H groups in total. The van der Waals surface area contributed by atoms with E-state index in [0.29, 0.717) is 64.4 Å². The van der Waals surface area contributed by atoms with Gasteiger partial charge in [0.2, 0.25) is 5.75 Å². The molecule has 1 aromatic heterocycles. The number of aromatic nitrogens is 1. The number of rotatable bonds is 9. The number of morpholine rings is 1. The van der Waals surface area contributed by atoms with Crippen molar-refractivity contribution in [2.45, 2.75) is 13.3 Å². The van der Waals surface area contributed by atoms with Crippen molar-refractivity contribution in [1.82, 2.24) is 9.88 Å². The number of fused-ring (bicyclic) bond motifs is 3. The zero-order valence-electron chi connectivity index (χ0n) is 24.2. The summed E-state index contributed by atoms with van der Waals surface area (Å²) >= 11 is 6.05. The van der Waals surface area contributed by atoms with E-state index in [4.69, 9.17) is 35.3 Å². The molecule has 0 unspecified atom stereocenters. The van der Waals surface area contributed by atoms with Crippen molar-refractivity contribution in [2.24, 2.45) is 0 Å². The van der Waals surface area contributed by atoms with Crippen molar-refractivity contribution in [2.75, 3.05) is 63.3 Å². The fourth-order valence-corrected chi connectivity index (χ4v) is 5.17. The van der Waals surface area contributed by atoms with Gasteiger partial charge in [0, 0.05) is 54.4 Å². The maximum Gasteiger partial charge on any atom is 0.323 e. The van der Waals surface area contributed by atoms with Crippen molar-refractivity contribution in [1.29, 1.82) is 0 Å². The highest BCUT2D eigenvalue weighted by molar-refractivity contribution is 6.31. The molecule has 6 rings (SSSR count). The van der Waals surface area contributed by atoms with Crippen LogP contribution in [0.2, 0.25) is 5.02 Å². The Balaban J connectivity index is 1.16. The number of carbonyl (C=O) groups excluding carboxylic acids is 1. The van der Waals surface area contributed by atoms with E-state index < -0.39 is 11.8 Å². The van der Waals surface area contributed by atoms with E-state index in [1.165, 1.54) is 12.1 Å². The Labute approximate surface area is 259 Å². The number of pyridine rings is 1. The van der Waals surface area contributed by atoms with Crippen LogP contribution in [0.1, 0.15) is 12.0 Å². The maximum absolute atomic E-state index is 15.2. The van der Waals surface area contributed by atoms with Gasteiger partial charge in [-0.3, -0.25) is 9.88 Å². The first kappa shape index (κ1) is 29.7. The van der Waals surface area contributed by atoms with Gasteiger partial charge in [0.25, 0.3) is 0 Å². The summed E-state index contributed by atoms with van der Waals surface area (Å²) in [6, 6.07) is 12.2. The Morgan fingerprint density at radius 3 is 2.48 bits per heavy atom. The second-order valence-electron chi connectivity index (χ2n) is 10.4.